The van der Waals surface area contributed by atoms with Gasteiger partial charge in [0.05, 0.1) is 0 Å². The van der Waals surface area contributed by atoms with Crippen LogP contribution in [0.5, 0.6) is 0 Å². The highest BCUT2D eigenvalue weighted by molar-refractivity contribution is 5.05. The molecule has 1 heteroatoms. The van der Waals surface area contributed by atoms with Gasteiger partial charge in [0.1, 0.15) is 0 Å². The fourth-order valence-electron chi connectivity index (χ4n) is 2.63. The summed E-state index contributed by atoms with van der Waals surface area (Å²) in [5, 5.41) is 0. The fourth-order valence-corrected chi connectivity index (χ4v) is 2.63. The molecule has 0 spiro atoms. The van der Waals surface area contributed by atoms with Crippen molar-refractivity contribution >= 4 is 0 Å². The molecule has 2 saturated carbocycles. The van der Waals surface area contributed by atoms with Gasteiger partial charge in [0.2, 0.25) is 0 Å². The van der Waals surface area contributed by atoms with E-state index in [-0.39, 0.29) is 5.54 Å². The lowest BCUT2D eigenvalue weighted by atomic mass is 9.97. The molecule has 0 aliphatic heterocycles. The van der Waals surface area contributed by atoms with Gasteiger partial charge in [0.15, 0.2) is 0 Å². The first-order chi connectivity index (χ1) is 5.71. The minimum atomic E-state index is 0.266. The first kappa shape index (κ1) is 8.55. The zero-order chi connectivity index (χ0) is 8.60. The van der Waals surface area contributed by atoms with Crippen molar-refractivity contribution in [3.05, 3.63) is 0 Å². The predicted octanol–water partition coefficient (Wildman–Crippen LogP) is 2.69. The summed E-state index contributed by atoms with van der Waals surface area (Å²) in [5.41, 5.74) is 6.43. The molecule has 1 nitrogen and oxygen atoms in total. The van der Waals surface area contributed by atoms with Crippen LogP contribution in [0.25, 0.3) is 0 Å². The lowest BCUT2D eigenvalue weighted by molar-refractivity contribution is 0.429. The summed E-state index contributed by atoms with van der Waals surface area (Å²) in [6, 6.07) is 0. The van der Waals surface area contributed by atoms with Crippen molar-refractivity contribution in [2.75, 3.05) is 0 Å². The largest absolute Gasteiger partial charge is 0.325 e. The second-order valence-corrected chi connectivity index (χ2v) is 5.03. The molecule has 2 fully saturated rings. The lowest BCUT2D eigenvalue weighted by Crippen LogP contribution is -2.24. The second-order valence-electron chi connectivity index (χ2n) is 5.03. The van der Waals surface area contributed by atoms with Gasteiger partial charge in [-0.1, -0.05) is 32.6 Å². The third-order valence-corrected chi connectivity index (χ3v) is 4.00. The Bertz CT molecular complexity index is 160. The van der Waals surface area contributed by atoms with Crippen LogP contribution in [0.2, 0.25) is 0 Å². The molecule has 0 amide bonds. The summed E-state index contributed by atoms with van der Waals surface area (Å²) in [7, 11) is 0. The monoisotopic (exact) mass is 167 g/mol. The van der Waals surface area contributed by atoms with Crippen molar-refractivity contribution in [2.45, 2.75) is 57.4 Å². The summed E-state index contributed by atoms with van der Waals surface area (Å²) >= 11 is 0. The van der Waals surface area contributed by atoms with Crippen molar-refractivity contribution in [3.8, 4) is 0 Å². The van der Waals surface area contributed by atoms with Gasteiger partial charge in [-0.15, -0.1) is 0 Å². The molecule has 2 N–H and O–H groups in total. The Balaban J connectivity index is 1.68. The van der Waals surface area contributed by atoms with Crippen molar-refractivity contribution < 1.29 is 0 Å². The van der Waals surface area contributed by atoms with Crippen molar-refractivity contribution in [2.24, 2.45) is 17.6 Å². The van der Waals surface area contributed by atoms with E-state index >= 15 is 0 Å². The van der Waals surface area contributed by atoms with Crippen LogP contribution >= 0.6 is 0 Å². The maximum Gasteiger partial charge on any atom is 0.0184 e. The molecule has 2 rings (SSSR count). The van der Waals surface area contributed by atoms with Crippen LogP contribution in [-0.2, 0) is 0 Å². The van der Waals surface area contributed by atoms with E-state index < -0.39 is 0 Å². The van der Waals surface area contributed by atoms with Crippen LogP contribution in [0.4, 0.5) is 0 Å². The SMILES string of the molecule is CC1CC1(N)CCC1CCCC1. The molecule has 0 heterocycles. The molecule has 0 radical (unpaired) electrons. The highest BCUT2D eigenvalue weighted by Crippen LogP contribution is 2.45. The van der Waals surface area contributed by atoms with E-state index in [9.17, 15) is 0 Å². The molecule has 0 bridgehead atoms. The first-order valence-corrected chi connectivity index (χ1v) is 5.49. The molecule has 0 aromatic heterocycles. The van der Waals surface area contributed by atoms with Crippen LogP contribution in [-0.4, -0.2) is 5.54 Å². The minimum Gasteiger partial charge on any atom is -0.325 e. The average molecular weight is 167 g/mol. The topological polar surface area (TPSA) is 26.0 Å². The smallest absolute Gasteiger partial charge is 0.0184 e. The Kier molecular flexibility index (Phi) is 2.16. The lowest BCUT2D eigenvalue weighted by Gasteiger charge is -2.13. The third kappa shape index (κ3) is 1.66. The number of hydrogen-bond donors (Lipinski definition) is 1. The quantitative estimate of drug-likeness (QED) is 0.687. The highest BCUT2D eigenvalue weighted by Gasteiger charge is 2.46. The Hall–Kier alpha value is -0.0400. The van der Waals surface area contributed by atoms with E-state index in [1.807, 2.05) is 0 Å². The Morgan fingerprint density at radius 1 is 1.33 bits per heavy atom. The standard InChI is InChI=1S/C11H21N/c1-9-8-11(9,12)7-6-10-4-2-3-5-10/h9-10H,2-8,12H2,1H3. The summed E-state index contributed by atoms with van der Waals surface area (Å²) < 4.78 is 0. The van der Waals surface area contributed by atoms with Gasteiger partial charge in [-0.25, -0.2) is 0 Å². The molecule has 2 aliphatic carbocycles. The Morgan fingerprint density at radius 2 is 1.92 bits per heavy atom. The van der Waals surface area contributed by atoms with Crippen LogP contribution in [0.3, 0.4) is 0 Å². The Labute approximate surface area is 75.7 Å². The van der Waals surface area contributed by atoms with Crippen LogP contribution in [0.15, 0.2) is 0 Å². The maximum atomic E-state index is 6.17. The molecule has 0 aromatic carbocycles. The van der Waals surface area contributed by atoms with Crippen LogP contribution in [0, 0.1) is 11.8 Å². The summed E-state index contributed by atoms with van der Waals surface area (Å²) in [6.45, 7) is 2.29. The van der Waals surface area contributed by atoms with Crippen molar-refractivity contribution in [3.63, 3.8) is 0 Å². The maximum absolute atomic E-state index is 6.17. The molecule has 70 valence electrons. The highest BCUT2D eigenvalue weighted by atomic mass is 14.8. The molecule has 2 aliphatic rings. The van der Waals surface area contributed by atoms with Crippen molar-refractivity contribution in [1.29, 1.82) is 0 Å². The van der Waals surface area contributed by atoms with E-state index in [2.05, 4.69) is 6.92 Å². The van der Waals surface area contributed by atoms with Crippen LogP contribution < -0.4 is 5.73 Å². The van der Waals surface area contributed by atoms with E-state index in [0.717, 1.165) is 11.8 Å². The minimum absolute atomic E-state index is 0.266. The van der Waals surface area contributed by atoms with Gasteiger partial charge < -0.3 is 5.73 Å². The third-order valence-electron chi connectivity index (χ3n) is 4.00. The zero-order valence-electron chi connectivity index (χ0n) is 8.18. The van der Waals surface area contributed by atoms with E-state index in [0.29, 0.717) is 0 Å². The van der Waals surface area contributed by atoms with E-state index in [4.69, 9.17) is 5.73 Å². The van der Waals surface area contributed by atoms with Crippen LogP contribution in [0.1, 0.15) is 51.9 Å². The molecular weight excluding hydrogens is 146 g/mol. The molecular formula is C11H21N. The van der Waals surface area contributed by atoms with Gasteiger partial charge in [0, 0.05) is 5.54 Å². The van der Waals surface area contributed by atoms with Gasteiger partial charge >= 0.3 is 0 Å². The molecule has 2 unspecified atom stereocenters. The van der Waals surface area contributed by atoms with Gasteiger partial charge in [-0.05, 0) is 31.1 Å². The zero-order valence-corrected chi connectivity index (χ0v) is 8.18. The van der Waals surface area contributed by atoms with Gasteiger partial charge in [0.25, 0.3) is 0 Å². The van der Waals surface area contributed by atoms with E-state index in [1.54, 1.807) is 0 Å². The van der Waals surface area contributed by atoms with Crippen molar-refractivity contribution in [1.82, 2.24) is 0 Å². The normalized spacial score (nSPS) is 42.0. The van der Waals surface area contributed by atoms with Gasteiger partial charge in [-0.3, -0.25) is 0 Å². The summed E-state index contributed by atoms with van der Waals surface area (Å²) in [6.07, 6.45) is 9.86. The van der Waals surface area contributed by atoms with E-state index in [1.165, 1.54) is 44.9 Å². The summed E-state index contributed by atoms with van der Waals surface area (Å²) in [5.74, 6) is 1.83. The second kappa shape index (κ2) is 3.02. The molecule has 12 heavy (non-hydrogen) atoms. The fraction of sp³-hybridized carbons (Fsp3) is 1.00. The average Bonchev–Trinajstić information content (AvgIpc) is 2.57. The molecule has 2 atom stereocenters. The number of hydrogen-bond acceptors (Lipinski definition) is 1. The molecule has 0 saturated heterocycles. The Morgan fingerprint density at radius 3 is 2.42 bits per heavy atom. The number of nitrogens with two attached hydrogens (primary N) is 1. The summed E-state index contributed by atoms with van der Waals surface area (Å²) in [4.78, 5) is 0. The molecule has 0 aromatic rings. The number of rotatable bonds is 3. The first-order valence-electron chi connectivity index (χ1n) is 5.49. The van der Waals surface area contributed by atoms with Gasteiger partial charge in [-0.2, -0.15) is 0 Å². The predicted molar refractivity (Wildman–Crippen MR) is 51.9 cm³/mol.